The summed E-state index contributed by atoms with van der Waals surface area (Å²) in [5.41, 5.74) is 1.30. The van der Waals surface area contributed by atoms with Gasteiger partial charge >= 0.3 is 6.03 Å². The van der Waals surface area contributed by atoms with Crippen LogP contribution in [0.1, 0.15) is 5.56 Å². The van der Waals surface area contributed by atoms with E-state index in [0.717, 1.165) is 5.56 Å². The number of methoxy groups -OCH3 is 1. The number of halogens is 2. The van der Waals surface area contributed by atoms with Crippen molar-refractivity contribution in [1.29, 1.82) is 0 Å². The van der Waals surface area contributed by atoms with Crippen LogP contribution in [0.4, 0.5) is 10.5 Å². The van der Waals surface area contributed by atoms with E-state index in [4.69, 9.17) is 27.9 Å². The van der Waals surface area contributed by atoms with Crippen molar-refractivity contribution in [1.82, 2.24) is 10.3 Å². The normalized spacial score (nSPS) is 10.0. The van der Waals surface area contributed by atoms with Crippen molar-refractivity contribution < 1.29 is 9.53 Å². The average molecular weight is 326 g/mol. The summed E-state index contributed by atoms with van der Waals surface area (Å²) in [6, 6.07) is 8.19. The lowest BCUT2D eigenvalue weighted by Gasteiger charge is -2.09. The highest BCUT2D eigenvalue weighted by Crippen LogP contribution is 2.29. The van der Waals surface area contributed by atoms with Crippen molar-refractivity contribution in [3.8, 4) is 5.88 Å². The summed E-state index contributed by atoms with van der Waals surface area (Å²) in [4.78, 5) is 15.9. The summed E-state index contributed by atoms with van der Waals surface area (Å²) in [5, 5.41) is 6.02. The fourth-order valence-electron chi connectivity index (χ4n) is 1.59. The van der Waals surface area contributed by atoms with Gasteiger partial charge in [0.05, 0.1) is 22.8 Å². The number of carbonyl (C=O) groups excluding carboxylic acids is 1. The fourth-order valence-corrected chi connectivity index (χ4v) is 1.93. The minimum Gasteiger partial charge on any atom is -0.481 e. The molecule has 0 unspecified atom stereocenters. The predicted octanol–water partition coefficient (Wildman–Crippen LogP) is 3.72. The van der Waals surface area contributed by atoms with Crippen molar-refractivity contribution in [2.75, 3.05) is 12.4 Å². The number of anilines is 1. The second-order valence-electron chi connectivity index (χ2n) is 4.12. The number of urea groups is 1. The molecule has 1 aromatic carbocycles. The lowest BCUT2D eigenvalue weighted by molar-refractivity contribution is 0.251. The molecule has 0 fully saturated rings. The first-order valence-electron chi connectivity index (χ1n) is 6.08. The molecule has 21 heavy (non-hydrogen) atoms. The molecule has 0 saturated heterocycles. The number of hydrogen-bond acceptors (Lipinski definition) is 3. The van der Waals surface area contributed by atoms with Crippen molar-refractivity contribution in [3.05, 3.63) is 52.1 Å². The van der Waals surface area contributed by atoms with Gasteiger partial charge in [0.2, 0.25) is 5.88 Å². The highest BCUT2D eigenvalue weighted by molar-refractivity contribution is 6.43. The van der Waals surface area contributed by atoms with Gasteiger partial charge in [-0.05, 0) is 17.7 Å². The number of pyridine rings is 1. The molecule has 0 aliphatic carbocycles. The molecule has 2 aromatic rings. The van der Waals surface area contributed by atoms with Crippen LogP contribution in [-0.2, 0) is 6.54 Å². The zero-order valence-electron chi connectivity index (χ0n) is 11.2. The Hall–Kier alpha value is -1.98. The van der Waals surface area contributed by atoms with Crippen molar-refractivity contribution in [2.45, 2.75) is 6.54 Å². The molecule has 0 radical (unpaired) electrons. The number of nitrogens with one attached hydrogen (secondary N) is 2. The lowest BCUT2D eigenvalue weighted by atomic mass is 10.3. The van der Waals surface area contributed by atoms with E-state index in [1.165, 1.54) is 0 Å². The van der Waals surface area contributed by atoms with E-state index in [1.54, 1.807) is 37.6 Å². The van der Waals surface area contributed by atoms with E-state index in [9.17, 15) is 4.79 Å². The Morgan fingerprint density at radius 2 is 2.10 bits per heavy atom. The number of rotatable bonds is 4. The molecule has 2 amide bonds. The molecule has 7 heteroatoms. The van der Waals surface area contributed by atoms with Crippen LogP contribution >= 0.6 is 23.2 Å². The molecular weight excluding hydrogens is 313 g/mol. The molecule has 0 aliphatic heterocycles. The molecule has 0 spiro atoms. The van der Waals surface area contributed by atoms with E-state index < -0.39 is 0 Å². The van der Waals surface area contributed by atoms with Crippen molar-refractivity contribution >= 4 is 34.9 Å². The Labute approximate surface area is 132 Å². The summed E-state index contributed by atoms with van der Waals surface area (Å²) >= 11 is 11.9. The maximum atomic E-state index is 11.8. The monoisotopic (exact) mass is 325 g/mol. The molecule has 110 valence electrons. The maximum Gasteiger partial charge on any atom is 0.319 e. The van der Waals surface area contributed by atoms with Gasteiger partial charge in [0.1, 0.15) is 0 Å². The second kappa shape index (κ2) is 7.15. The number of hydrogen-bond donors (Lipinski definition) is 2. The number of amides is 2. The van der Waals surface area contributed by atoms with Gasteiger partial charge in [-0.25, -0.2) is 9.78 Å². The number of benzene rings is 1. The summed E-state index contributed by atoms with van der Waals surface area (Å²) in [7, 11) is 1.54. The van der Waals surface area contributed by atoms with E-state index in [0.29, 0.717) is 28.2 Å². The third-order valence-electron chi connectivity index (χ3n) is 2.66. The van der Waals surface area contributed by atoms with Crippen molar-refractivity contribution in [3.63, 3.8) is 0 Å². The Bertz CT molecular complexity index is 633. The van der Waals surface area contributed by atoms with Gasteiger partial charge < -0.3 is 15.4 Å². The zero-order chi connectivity index (χ0) is 15.2. The van der Waals surface area contributed by atoms with Crippen LogP contribution in [0.5, 0.6) is 5.88 Å². The molecular formula is C14H13Cl2N3O2. The van der Waals surface area contributed by atoms with Crippen LogP contribution in [0.2, 0.25) is 10.0 Å². The van der Waals surface area contributed by atoms with E-state index >= 15 is 0 Å². The first kappa shape index (κ1) is 15.4. The molecule has 0 aliphatic rings. The third-order valence-corrected chi connectivity index (χ3v) is 3.48. The SMILES string of the molecule is COc1ccc(CNC(=O)Nc2cccc(Cl)c2Cl)cn1. The third kappa shape index (κ3) is 4.24. The second-order valence-corrected chi connectivity index (χ2v) is 4.90. The average Bonchev–Trinajstić information content (AvgIpc) is 2.50. The number of carbonyl (C=O) groups is 1. The van der Waals surface area contributed by atoms with Crippen LogP contribution in [0.25, 0.3) is 0 Å². The molecule has 0 saturated carbocycles. The Balaban J connectivity index is 1.91. The Morgan fingerprint density at radius 3 is 2.76 bits per heavy atom. The van der Waals surface area contributed by atoms with Crippen LogP contribution in [-0.4, -0.2) is 18.1 Å². The zero-order valence-corrected chi connectivity index (χ0v) is 12.7. The van der Waals surface area contributed by atoms with Crippen LogP contribution < -0.4 is 15.4 Å². The molecule has 2 rings (SSSR count). The number of aromatic nitrogens is 1. The van der Waals surface area contributed by atoms with Crippen molar-refractivity contribution in [2.24, 2.45) is 0 Å². The molecule has 1 heterocycles. The largest absolute Gasteiger partial charge is 0.481 e. The topological polar surface area (TPSA) is 63.2 Å². The highest BCUT2D eigenvalue weighted by atomic mass is 35.5. The van der Waals surface area contributed by atoms with Gasteiger partial charge in [0, 0.05) is 18.8 Å². The first-order chi connectivity index (χ1) is 10.1. The number of nitrogens with zero attached hydrogens (tertiary/aromatic N) is 1. The molecule has 0 bridgehead atoms. The van der Waals surface area contributed by atoms with Gasteiger partial charge in [0.25, 0.3) is 0 Å². The van der Waals surface area contributed by atoms with Gasteiger partial charge in [-0.1, -0.05) is 35.3 Å². The lowest BCUT2D eigenvalue weighted by Crippen LogP contribution is -2.28. The first-order valence-corrected chi connectivity index (χ1v) is 6.83. The van der Waals surface area contributed by atoms with Crippen LogP contribution in [0.15, 0.2) is 36.5 Å². The smallest absolute Gasteiger partial charge is 0.319 e. The van der Waals surface area contributed by atoms with Gasteiger partial charge in [-0.3, -0.25) is 0 Å². The molecule has 1 aromatic heterocycles. The fraction of sp³-hybridized carbons (Fsp3) is 0.143. The van der Waals surface area contributed by atoms with Gasteiger partial charge in [-0.2, -0.15) is 0 Å². The maximum absolute atomic E-state index is 11.8. The summed E-state index contributed by atoms with van der Waals surface area (Å²) in [5.74, 6) is 0.522. The summed E-state index contributed by atoms with van der Waals surface area (Å²) in [6.07, 6.45) is 1.63. The molecule has 0 atom stereocenters. The van der Waals surface area contributed by atoms with E-state index in [2.05, 4.69) is 15.6 Å². The Kier molecular flexibility index (Phi) is 5.25. The van der Waals surface area contributed by atoms with Crippen LogP contribution in [0, 0.1) is 0 Å². The van der Waals surface area contributed by atoms with E-state index in [-0.39, 0.29) is 6.03 Å². The van der Waals surface area contributed by atoms with Gasteiger partial charge in [-0.15, -0.1) is 0 Å². The van der Waals surface area contributed by atoms with Gasteiger partial charge in [0.15, 0.2) is 0 Å². The highest BCUT2D eigenvalue weighted by Gasteiger charge is 2.07. The Morgan fingerprint density at radius 1 is 1.29 bits per heavy atom. The standard InChI is InChI=1S/C14H13Cl2N3O2/c1-21-12-6-5-9(7-17-12)8-18-14(20)19-11-4-2-3-10(15)13(11)16/h2-7H,8H2,1H3,(H2,18,19,20). The summed E-state index contributed by atoms with van der Waals surface area (Å²) in [6.45, 7) is 0.334. The quantitative estimate of drug-likeness (QED) is 0.900. The molecule has 5 nitrogen and oxygen atoms in total. The van der Waals surface area contributed by atoms with E-state index in [1.807, 2.05) is 6.07 Å². The summed E-state index contributed by atoms with van der Waals surface area (Å²) < 4.78 is 4.96. The minimum absolute atomic E-state index is 0.306. The minimum atomic E-state index is -0.380. The molecule has 2 N–H and O–H groups in total. The van der Waals surface area contributed by atoms with Crippen LogP contribution in [0.3, 0.4) is 0 Å². The predicted molar refractivity (Wildman–Crippen MR) is 83.1 cm³/mol. The number of ether oxygens (including phenoxy) is 1.